The van der Waals surface area contributed by atoms with E-state index in [1.165, 1.54) is 11.8 Å². The first kappa shape index (κ1) is 19.3. The number of phenolic OH excluding ortho intramolecular Hbond substituents is 1. The lowest BCUT2D eigenvalue weighted by Crippen LogP contribution is -2.23. The van der Waals surface area contributed by atoms with Gasteiger partial charge in [-0.25, -0.2) is 4.99 Å². The van der Waals surface area contributed by atoms with Gasteiger partial charge in [-0.2, -0.15) is 0 Å². The smallest absolute Gasteiger partial charge is 0.266 e. The van der Waals surface area contributed by atoms with Gasteiger partial charge in [0.1, 0.15) is 11.5 Å². The zero-order valence-electron chi connectivity index (χ0n) is 15.8. The van der Waals surface area contributed by atoms with Gasteiger partial charge in [-0.05, 0) is 71.9 Å². The Balaban J connectivity index is 1.58. The highest BCUT2D eigenvalue weighted by molar-refractivity contribution is 8.18. The van der Waals surface area contributed by atoms with E-state index in [4.69, 9.17) is 4.74 Å². The van der Waals surface area contributed by atoms with Crippen LogP contribution in [0.4, 0.5) is 5.69 Å². The standard InChI is InChI=1S/C22H18N2O3S2/c1-24-21(26)20(29-22(24)23-15-6-8-16(25)9-7-15)13-18-10-11-19(28-18)14-4-3-5-17(12-14)27-2/h3-13,25H,1-2H3/b20-13-,23-22?. The van der Waals surface area contributed by atoms with E-state index in [-0.39, 0.29) is 11.7 Å². The fraction of sp³-hybridized carbons (Fsp3) is 0.0909. The Morgan fingerprint density at radius 2 is 1.90 bits per heavy atom. The highest BCUT2D eigenvalue weighted by atomic mass is 32.2. The summed E-state index contributed by atoms with van der Waals surface area (Å²) in [6.45, 7) is 0. The molecule has 2 heterocycles. The fourth-order valence-corrected chi connectivity index (χ4v) is 4.78. The van der Waals surface area contributed by atoms with Crippen molar-refractivity contribution in [2.45, 2.75) is 0 Å². The van der Waals surface area contributed by atoms with Crippen molar-refractivity contribution < 1.29 is 14.6 Å². The second-order valence-corrected chi connectivity index (χ2v) is 8.44. The predicted octanol–water partition coefficient (Wildman–Crippen LogP) is 5.36. The van der Waals surface area contributed by atoms with E-state index >= 15 is 0 Å². The molecule has 5 nitrogen and oxygen atoms in total. The van der Waals surface area contributed by atoms with Crippen LogP contribution in [0.5, 0.6) is 11.5 Å². The number of likely N-dealkylation sites (N-methyl/N-ethyl adjacent to an activating group) is 1. The van der Waals surface area contributed by atoms with Crippen LogP contribution in [-0.4, -0.2) is 35.2 Å². The molecular weight excluding hydrogens is 404 g/mol. The van der Waals surface area contributed by atoms with Gasteiger partial charge in [0.25, 0.3) is 5.91 Å². The second-order valence-electron chi connectivity index (χ2n) is 6.32. The molecule has 0 aliphatic carbocycles. The van der Waals surface area contributed by atoms with E-state index in [9.17, 15) is 9.90 Å². The minimum Gasteiger partial charge on any atom is -0.508 e. The molecule has 1 aromatic heterocycles. The summed E-state index contributed by atoms with van der Waals surface area (Å²) in [5.41, 5.74) is 1.76. The number of hydrogen-bond acceptors (Lipinski definition) is 6. The maximum absolute atomic E-state index is 12.6. The van der Waals surface area contributed by atoms with Crippen LogP contribution in [0.3, 0.4) is 0 Å². The summed E-state index contributed by atoms with van der Waals surface area (Å²) in [7, 11) is 3.37. The number of thiophene rings is 1. The van der Waals surface area contributed by atoms with Gasteiger partial charge in [0.2, 0.25) is 0 Å². The molecule has 1 aliphatic rings. The molecule has 0 radical (unpaired) electrons. The van der Waals surface area contributed by atoms with E-state index in [1.54, 1.807) is 54.7 Å². The van der Waals surface area contributed by atoms with Crippen molar-refractivity contribution in [3.05, 3.63) is 70.4 Å². The third kappa shape index (κ3) is 4.21. The largest absolute Gasteiger partial charge is 0.508 e. The van der Waals surface area contributed by atoms with Crippen molar-refractivity contribution >= 4 is 45.9 Å². The molecule has 0 bridgehead atoms. The summed E-state index contributed by atoms with van der Waals surface area (Å²) in [6, 6.07) is 18.5. The van der Waals surface area contributed by atoms with Gasteiger partial charge in [-0.15, -0.1) is 11.3 Å². The van der Waals surface area contributed by atoms with Crippen molar-refractivity contribution in [3.63, 3.8) is 0 Å². The van der Waals surface area contributed by atoms with E-state index < -0.39 is 0 Å². The Hall–Kier alpha value is -3.03. The number of thioether (sulfide) groups is 1. The van der Waals surface area contributed by atoms with Gasteiger partial charge in [0.05, 0.1) is 17.7 Å². The fourth-order valence-electron chi connectivity index (χ4n) is 2.78. The Bertz CT molecular complexity index is 1120. The monoisotopic (exact) mass is 422 g/mol. The molecule has 4 rings (SSSR count). The number of nitrogens with zero attached hydrogens (tertiary/aromatic N) is 2. The second kappa shape index (κ2) is 8.14. The summed E-state index contributed by atoms with van der Waals surface area (Å²) in [5, 5.41) is 10.0. The highest BCUT2D eigenvalue weighted by Crippen LogP contribution is 2.36. The molecule has 0 unspecified atom stereocenters. The number of methoxy groups -OCH3 is 1. The van der Waals surface area contributed by atoms with Crippen LogP contribution < -0.4 is 4.74 Å². The van der Waals surface area contributed by atoms with Crippen LogP contribution in [0.1, 0.15) is 4.88 Å². The maximum atomic E-state index is 12.6. The van der Waals surface area contributed by atoms with Crippen LogP contribution >= 0.6 is 23.1 Å². The molecule has 0 saturated carbocycles. The number of rotatable bonds is 4. The van der Waals surface area contributed by atoms with Gasteiger partial charge in [-0.3, -0.25) is 9.69 Å². The zero-order chi connectivity index (χ0) is 20.4. The molecule has 2 aromatic carbocycles. The zero-order valence-corrected chi connectivity index (χ0v) is 17.5. The van der Waals surface area contributed by atoms with Gasteiger partial charge in [-0.1, -0.05) is 12.1 Å². The van der Waals surface area contributed by atoms with Crippen LogP contribution in [0.15, 0.2) is 70.6 Å². The third-order valence-corrected chi connectivity index (χ3v) is 6.47. The molecule has 0 spiro atoms. The molecule has 146 valence electrons. The van der Waals surface area contributed by atoms with Crippen molar-refractivity contribution in [2.75, 3.05) is 14.2 Å². The number of hydrogen-bond donors (Lipinski definition) is 1. The van der Waals surface area contributed by atoms with Crippen LogP contribution in [-0.2, 0) is 4.79 Å². The number of carbonyl (C=O) groups excluding carboxylic acids is 1. The minimum atomic E-state index is -0.0798. The molecule has 1 amide bonds. The highest BCUT2D eigenvalue weighted by Gasteiger charge is 2.30. The molecule has 1 fully saturated rings. The number of ether oxygens (including phenoxy) is 1. The Morgan fingerprint density at radius 3 is 2.66 bits per heavy atom. The Morgan fingerprint density at radius 1 is 1.10 bits per heavy atom. The Kier molecular flexibility index (Phi) is 5.42. The number of carbonyl (C=O) groups is 1. The number of benzene rings is 2. The van der Waals surface area contributed by atoms with Gasteiger partial charge < -0.3 is 9.84 Å². The van der Waals surface area contributed by atoms with E-state index in [0.717, 1.165) is 21.1 Å². The van der Waals surface area contributed by atoms with Gasteiger partial charge in [0.15, 0.2) is 5.17 Å². The van der Waals surface area contributed by atoms with Crippen molar-refractivity contribution in [3.8, 4) is 21.9 Å². The number of amidine groups is 1. The number of phenols is 1. The molecule has 1 saturated heterocycles. The first-order chi connectivity index (χ1) is 14.0. The van der Waals surface area contributed by atoms with Crippen molar-refractivity contribution in [1.82, 2.24) is 4.90 Å². The maximum Gasteiger partial charge on any atom is 0.266 e. The summed E-state index contributed by atoms with van der Waals surface area (Å²) < 4.78 is 5.30. The van der Waals surface area contributed by atoms with E-state index in [1.807, 2.05) is 42.5 Å². The normalized spacial score (nSPS) is 16.8. The molecular formula is C22H18N2O3S2. The number of amides is 1. The molecule has 7 heteroatoms. The van der Waals surface area contributed by atoms with E-state index in [0.29, 0.717) is 15.8 Å². The van der Waals surface area contributed by atoms with Crippen LogP contribution in [0, 0.1) is 0 Å². The average Bonchev–Trinajstić information content (AvgIpc) is 3.31. The lowest BCUT2D eigenvalue weighted by molar-refractivity contribution is -0.121. The van der Waals surface area contributed by atoms with E-state index in [2.05, 4.69) is 4.99 Å². The van der Waals surface area contributed by atoms with Gasteiger partial charge in [0, 0.05) is 16.8 Å². The number of aliphatic imine (C=N–C) groups is 1. The third-order valence-electron chi connectivity index (χ3n) is 4.33. The summed E-state index contributed by atoms with van der Waals surface area (Å²) in [4.78, 5) is 21.4. The first-order valence-electron chi connectivity index (χ1n) is 8.83. The van der Waals surface area contributed by atoms with Crippen LogP contribution in [0.2, 0.25) is 0 Å². The average molecular weight is 423 g/mol. The summed E-state index contributed by atoms with van der Waals surface area (Å²) >= 11 is 2.96. The lowest BCUT2D eigenvalue weighted by Gasteiger charge is -2.06. The predicted molar refractivity (Wildman–Crippen MR) is 120 cm³/mol. The summed E-state index contributed by atoms with van der Waals surface area (Å²) in [5.74, 6) is 0.917. The topological polar surface area (TPSA) is 62.1 Å². The number of aromatic hydroxyl groups is 1. The summed E-state index contributed by atoms with van der Waals surface area (Å²) in [6.07, 6.45) is 1.90. The lowest BCUT2D eigenvalue weighted by atomic mass is 10.2. The molecule has 29 heavy (non-hydrogen) atoms. The molecule has 1 aliphatic heterocycles. The van der Waals surface area contributed by atoms with Crippen LogP contribution in [0.25, 0.3) is 16.5 Å². The molecule has 0 atom stereocenters. The van der Waals surface area contributed by atoms with Gasteiger partial charge >= 0.3 is 0 Å². The quantitative estimate of drug-likeness (QED) is 0.575. The first-order valence-corrected chi connectivity index (χ1v) is 10.5. The molecule has 1 N–H and O–H groups in total. The van der Waals surface area contributed by atoms with Crippen molar-refractivity contribution in [1.29, 1.82) is 0 Å². The molecule has 3 aromatic rings. The Labute approximate surface area is 177 Å². The minimum absolute atomic E-state index is 0.0798. The van der Waals surface area contributed by atoms with Crippen molar-refractivity contribution in [2.24, 2.45) is 4.99 Å². The SMILES string of the molecule is COc1cccc(-c2ccc(/C=C3\SC(=Nc4ccc(O)cc4)N(C)C3=O)s2)c1.